The van der Waals surface area contributed by atoms with Crippen molar-refractivity contribution in [3.05, 3.63) is 82.7 Å². The lowest BCUT2D eigenvalue weighted by Gasteiger charge is -2.27. The Morgan fingerprint density at radius 2 is 1.68 bits per heavy atom. The number of carbonyl (C=O) groups is 1. The Morgan fingerprint density at radius 3 is 2.35 bits per heavy atom. The van der Waals surface area contributed by atoms with Gasteiger partial charge >= 0.3 is 0 Å². The molecule has 1 aliphatic heterocycles. The van der Waals surface area contributed by atoms with Crippen molar-refractivity contribution in [1.82, 2.24) is 24.9 Å². The smallest absolute Gasteiger partial charge is 0.239 e. The zero-order chi connectivity index (χ0) is 23.8. The number of nitrogens with zero attached hydrogens (tertiary/aromatic N) is 4. The molecule has 0 amide bonds. The fourth-order valence-electron chi connectivity index (χ4n) is 4.36. The van der Waals surface area contributed by atoms with E-state index >= 15 is 0 Å². The molecular formula is C25H24F2N6O. The first-order valence-corrected chi connectivity index (χ1v) is 11.1. The van der Waals surface area contributed by atoms with Gasteiger partial charge in [-0.15, -0.1) is 0 Å². The minimum absolute atomic E-state index is 0.116. The number of hydrogen-bond donors (Lipinski definition) is 2. The molecule has 0 radical (unpaired) electrons. The van der Waals surface area contributed by atoms with E-state index in [1.807, 2.05) is 37.1 Å². The van der Waals surface area contributed by atoms with Crippen LogP contribution >= 0.6 is 0 Å². The van der Waals surface area contributed by atoms with E-state index in [9.17, 15) is 13.6 Å². The van der Waals surface area contributed by atoms with Crippen LogP contribution in [0.1, 0.15) is 27.2 Å². The highest BCUT2D eigenvalue weighted by molar-refractivity contribution is 6.12. The van der Waals surface area contributed by atoms with Gasteiger partial charge in [0.1, 0.15) is 17.3 Å². The van der Waals surface area contributed by atoms with E-state index in [1.54, 1.807) is 12.3 Å². The number of aromatic nitrogens is 3. The van der Waals surface area contributed by atoms with Crippen LogP contribution in [0.15, 0.2) is 48.7 Å². The zero-order valence-electron chi connectivity index (χ0n) is 18.9. The highest BCUT2D eigenvalue weighted by atomic mass is 19.1. The number of para-hydroxylation sites is 1. The van der Waals surface area contributed by atoms with E-state index < -0.39 is 11.6 Å². The lowest BCUT2D eigenvalue weighted by molar-refractivity contribution is 0.103. The van der Waals surface area contributed by atoms with Gasteiger partial charge in [-0.3, -0.25) is 14.8 Å². The number of anilines is 1. The molecular weight excluding hydrogens is 438 g/mol. The molecule has 3 heterocycles. The van der Waals surface area contributed by atoms with Crippen LogP contribution < -0.4 is 10.7 Å². The second kappa shape index (κ2) is 8.92. The Labute approximate surface area is 195 Å². The number of fused-ring (bicyclic) bond motifs is 1. The minimum Gasteiger partial charge on any atom is -0.314 e. The molecule has 7 nitrogen and oxygen atoms in total. The number of nitrogens with one attached hydrogen (secondary N) is 2. The van der Waals surface area contributed by atoms with Crippen molar-refractivity contribution in [2.75, 3.05) is 31.6 Å². The van der Waals surface area contributed by atoms with Crippen LogP contribution in [-0.2, 0) is 0 Å². The fourth-order valence-corrected chi connectivity index (χ4v) is 4.36. The number of ketones is 1. The third kappa shape index (κ3) is 3.93. The number of rotatable bonds is 5. The van der Waals surface area contributed by atoms with Crippen LogP contribution in [0.2, 0.25) is 0 Å². The average molecular weight is 463 g/mol. The summed E-state index contributed by atoms with van der Waals surface area (Å²) in [6.45, 7) is 6.82. The number of hydrogen-bond acceptors (Lipinski definition) is 6. The first kappa shape index (κ1) is 22.1. The van der Waals surface area contributed by atoms with Gasteiger partial charge in [-0.25, -0.2) is 18.8 Å². The van der Waals surface area contributed by atoms with Gasteiger partial charge in [-0.05, 0) is 43.2 Å². The predicted molar refractivity (Wildman–Crippen MR) is 126 cm³/mol. The molecule has 174 valence electrons. The summed E-state index contributed by atoms with van der Waals surface area (Å²) in [6.07, 6.45) is 1.56. The molecule has 0 atom stereocenters. The van der Waals surface area contributed by atoms with Crippen molar-refractivity contribution in [3.63, 3.8) is 0 Å². The Bertz CT molecular complexity index is 1350. The molecule has 1 aliphatic rings. The summed E-state index contributed by atoms with van der Waals surface area (Å²) in [4.78, 5) is 22.7. The van der Waals surface area contributed by atoms with Crippen molar-refractivity contribution in [3.8, 4) is 5.69 Å². The summed E-state index contributed by atoms with van der Waals surface area (Å²) < 4.78 is 31.2. The Morgan fingerprint density at radius 1 is 1.03 bits per heavy atom. The molecule has 2 aromatic carbocycles. The number of hydrazine groups is 1. The quantitative estimate of drug-likeness (QED) is 0.440. The number of piperazine rings is 1. The molecule has 5 rings (SSSR count). The Hall–Kier alpha value is -3.69. The average Bonchev–Trinajstić information content (AvgIpc) is 3.18. The summed E-state index contributed by atoms with van der Waals surface area (Å²) in [5.41, 5.74) is 5.22. The number of halogens is 2. The van der Waals surface area contributed by atoms with Gasteiger partial charge < -0.3 is 5.32 Å². The molecule has 34 heavy (non-hydrogen) atoms. The maximum Gasteiger partial charge on any atom is 0.239 e. The van der Waals surface area contributed by atoms with E-state index in [1.165, 1.54) is 22.8 Å². The van der Waals surface area contributed by atoms with Crippen LogP contribution in [-0.4, -0.2) is 51.5 Å². The molecule has 0 saturated carbocycles. The second-order valence-corrected chi connectivity index (χ2v) is 8.35. The first-order chi connectivity index (χ1) is 16.4. The molecule has 0 bridgehead atoms. The van der Waals surface area contributed by atoms with Gasteiger partial charge in [0.15, 0.2) is 5.65 Å². The van der Waals surface area contributed by atoms with E-state index in [2.05, 4.69) is 20.7 Å². The van der Waals surface area contributed by atoms with Crippen LogP contribution in [0, 0.1) is 25.5 Å². The topological polar surface area (TPSA) is 75.1 Å². The fraction of sp³-hybridized carbons (Fsp3) is 0.240. The summed E-state index contributed by atoms with van der Waals surface area (Å²) in [6, 6.07) is 10.8. The highest BCUT2D eigenvalue weighted by Crippen LogP contribution is 2.30. The van der Waals surface area contributed by atoms with Gasteiger partial charge in [0.25, 0.3) is 0 Å². The van der Waals surface area contributed by atoms with Crippen molar-refractivity contribution < 1.29 is 13.6 Å². The van der Waals surface area contributed by atoms with Gasteiger partial charge in [0.05, 0.1) is 5.69 Å². The minimum atomic E-state index is -0.789. The third-order valence-electron chi connectivity index (χ3n) is 6.02. The largest absolute Gasteiger partial charge is 0.314 e. The van der Waals surface area contributed by atoms with E-state index in [0.29, 0.717) is 10.9 Å². The van der Waals surface area contributed by atoms with Crippen molar-refractivity contribution >= 4 is 22.8 Å². The van der Waals surface area contributed by atoms with Gasteiger partial charge in [-0.2, -0.15) is 4.98 Å². The second-order valence-electron chi connectivity index (χ2n) is 8.35. The van der Waals surface area contributed by atoms with E-state index in [-0.39, 0.29) is 28.8 Å². The summed E-state index contributed by atoms with van der Waals surface area (Å²) in [5, 5.41) is 5.74. The van der Waals surface area contributed by atoms with Crippen molar-refractivity contribution in [2.24, 2.45) is 0 Å². The number of benzene rings is 2. The van der Waals surface area contributed by atoms with Crippen LogP contribution in [0.5, 0.6) is 0 Å². The van der Waals surface area contributed by atoms with Gasteiger partial charge in [-0.1, -0.05) is 24.3 Å². The maximum atomic E-state index is 15.0. The molecule has 2 aromatic heterocycles. The number of carbonyl (C=O) groups excluding carboxylic acids is 1. The van der Waals surface area contributed by atoms with Crippen molar-refractivity contribution in [1.29, 1.82) is 0 Å². The molecule has 1 fully saturated rings. The lowest BCUT2D eigenvalue weighted by Crippen LogP contribution is -2.46. The zero-order valence-corrected chi connectivity index (χ0v) is 18.9. The Kier molecular flexibility index (Phi) is 5.80. The third-order valence-corrected chi connectivity index (χ3v) is 6.02. The van der Waals surface area contributed by atoms with Crippen LogP contribution in [0.3, 0.4) is 0 Å². The summed E-state index contributed by atoms with van der Waals surface area (Å²) in [7, 11) is 0. The SMILES string of the molecule is Cc1cccc(C)c1C(=O)c1cc2cnc(NN3CCNCC3)nc2n1-c1c(F)cccc1F. The van der Waals surface area contributed by atoms with Gasteiger partial charge in [0.2, 0.25) is 11.7 Å². The lowest BCUT2D eigenvalue weighted by atomic mass is 9.97. The molecule has 1 saturated heterocycles. The molecule has 9 heteroatoms. The molecule has 4 aromatic rings. The highest BCUT2D eigenvalue weighted by Gasteiger charge is 2.26. The molecule has 0 spiro atoms. The monoisotopic (exact) mass is 462 g/mol. The summed E-state index contributed by atoms with van der Waals surface area (Å²) >= 11 is 0. The first-order valence-electron chi connectivity index (χ1n) is 11.1. The van der Waals surface area contributed by atoms with E-state index in [4.69, 9.17) is 0 Å². The molecule has 2 N–H and O–H groups in total. The number of aryl methyl sites for hydroxylation is 2. The summed E-state index contributed by atoms with van der Waals surface area (Å²) in [5.74, 6) is -1.63. The van der Waals surface area contributed by atoms with Gasteiger partial charge in [0, 0.05) is 43.3 Å². The standard InChI is InChI=1S/C25H24F2N6O/c1-15-5-3-6-16(2)21(15)23(34)20-13-17-14-29-25(31-32-11-9-28-10-12-32)30-24(17)33(20)22-18(26)7-4-8-19(22)27/h3-8,13-14,28H,9-12H2,1-2H3,(H,29,30,31). The van der Waals surface area contributed by atoms with Crippen LogP contribution in [0.25, 0.3) is 16.7 Å². The predicted octanol–water partition coefficient (Wildman–Crippen LogP) is 3.78. The van der Waals surface area contributed by atoms with Crippen LogP contribution in [0.4, 0.5) is 14.7 Å². The van der Waals surface area contributed by atoms with E-state index in [0.717, 1.165) is 37.3 Å². The van der Waals surface area contributed by atoms with Crippen molar-refractivity contribution in [2.45, 2.75) is 13.8 Å². The normalized spacial score (nSPS) is 14.5. The molecule has 0 aliphatic carbocycles. The molecule has 0 unspecified atom stereocenters. The Balaban J connectivity index is 1.71. The maximum absolute atomic E-state index is 15.0.